The normalized spacial score (nSPS) is 17.9. The fourth-order valence-electron chi connectivity index (χ4n) is 2.42. The van der Waals surface area contributed by atoms with Crippen LogP contribution in [0.5, 0.6) is 5.75 Å². The summed E-state index contributed by atoms with van der Waals surface area (Å²) in [5, 5.41) is 0.432. The Labute approximate surface area is 131 Å². The number of likely N-dealkylation sites (N-methyl/N-ethyl adjacent to an activating group) is 1. The molecule has 0 unspecified atom stereocenters. The van der Waals surface area contributed by atoms with Gasteiger partial charge in [0.25, 0.3) is 0 Å². The number of hydrogen-bond acceptors (Lipinski definition) is 4. The second-order valence-electron chi connectivity index (χ2n) is 5.09. The van der Waals surface area contributed by atoms with Crippen LogP contribution in [0.2, 0.25) is 5.02 Å². The lowest BCUT2D eigenvalue weighted by Gasteiger charge is -2.33. The van der Waals surface area contributed by atoms with E-state index in [1.807, 2.05) is 6.92 Å². The highest BCUT2D eigenvalue weighted by Crippen LogP contribution is 2.32. The highest BCUT2D eigenvalue weighted by atomic mass is 35.5. The van der Waals surface area contributed by atoms with Crippen molar-refractivity contribution < 1.29 is 13.2 Å². The molecule has 2 rings (SSSR count). The van der Waals surface area contributed by atoms with Crippen LogP contribution in [0.25, 0.3) is 0 Å². The van der Waals surface area contributed by atoms with Gasteiger partial charge in [-0.25, -0.2) is 8.42 Å². The summed E-state index contributed by atoms with van der Waals surface area (Å²) in [7, 11) is -2.11. The topological polar surface area (TPSA) is 49.9 Å². The van der Waals surface area contributed by atoms with E-state index < -0.39 is 10.0 Å². The van der Waals surface area contributed by atoms with Crippen molar-refractivity contribution in [2.45, 2.75) is 18.7 Å². The third kappa shape index (κ3) is 3.34. The van der Waals surface area contributed by atoms with Crippen LogP contribution in [-0.4, -0.2) is 57.5 Å². The summed E-state index contributed by atoms with van der Waals surface area (Å²) < 4.78 is 32.3. The van der Waals surface area contributed by atoms with Crippen LogP contribution in [0.15, 0.2) is 17.0 Å². The van der Waals surface area contributed by atoms with Crippen LogP contribution >= 0.6 is 11.6 Å². The van der Waals surface area contributed by atoms with Crippen molar-refractivity contribution >= 4 is 21.6 Å². The summed E-state index contributed by atoms with van der Waals surface area (Å²) in [5.41, 5.74) is 0.795. The smallest absolute Gasteiger partial charge is 0.246 e. The van der Waals surface area contributed by atoms with Crippen molar-refractivity contribution in [3.8, 4) is 5.75 Å². The molecular formula is C14H21ClN2O3S. The van der Waals surface area contributed by atoms with Crippen LogP contribution < -0.4 is 4.74 Å². The van der Waals surface area contributed by atoms with Gasteiger partial charge in [-0.2, -0.15) is 4.31 Å². The fourth-order valence-corrected chi connectivity index (χ4v) is 4.24. The van der Waals surface area contributed by atoms with Crippen molar-refractivity contribution in [3.05, 3.63) is 22.7 Å². The number of hydrogen-bond donors (Lipinski definition) is 0. The Hall–Kier alpha value is -0.820. The zero-order valence-electron chi connectivity index (χ0n) is 12.6. The average molecular weight is 333 g/mol. The van der Waals surface area contributed by atoms with Crippen LogP contribution in [-0.2, 0) is 10.0 Å². The summed E-state index contributed by atoms with van der Waals surface area (Å²) in [4.78, 5) is 2.37. The van der Waals surface area contributed by atoms with E-state index in [9.17, 15) is 8.42 Å². The number of piperazine rings is 1. The Balaban J connectivity index is 2.34. The molecule has 0 aromatic heterocycles. The van der Waals surface area contributed by atoms with Gasteiger partial charge >= 0.3 is 0 Å². The number of ether oxygens (including phenoxy) is 1. The van der Waals surface area contributed by atoms with Crippen molar-refractivity contribution in [1.82, 2.24) is 9.21 Å². The molecule has 7 heteroatoms. The summed E-state index contributed by atoms with van der Waals surface area (Å²) in [5.74, 6) is 0.342. The molecule has 0 aliphatic carbocycles. The SMILES string of the molecule is CCN1CCN(S(=O)(=O)c2cc(Cl)c(C)cc2OC)CC1. The Morgan fingerprint density at radius 2 is 1.86 bits per heavy atom. The summed E-state index contributed by atoms with van der Waals surface area (Å²) in [6.45, 7) is 7.31. The minimum atomic E-state index is -3.58. The van der Waals surface area contributed by atoms with Crippen molar-refractivity contribution in [2.24, 2.45) is 0 Å². The number of benzene rings is 1. The van der Waals surface area contributed by atoms with Crippen LogP contribution in [0, 0.1) is 6.92 Å². The molecule has 21 heavy (non-hydrogen) atoms. The van der Waals surface area contributed by atoms with E-state index >= 15 is 0 Å². The van der Waals surface area contributed by atoms with Gasteiger partial charge in [-0.3, -0.25) is 0 Å². The second-order valence-corrected chi connectivity index (χ2v) is 7.40. The molecule has 118 valence electrons. The van der Waals surface area contributed by atoms with Crippen LogP contribution in [0.3, 0.4) is 0 Å². The van der Waals surface area contributed by atoms with E-state index in [0.29, 0.717) is 23.9 Å². The van der Waals surface area contributed by atoms with Gasteiger partial charge in [-0.15, -0.1) is 0 Å². The molecule has 0 N–H and O–H groups in total. The molecule has 1 aromatic carbocycles. The monoisotopic (exact) mass is 332 g/mol. The van der Waals surface area contributed by atoms with E-state index in [4.69, 9.17) is 16.3 Å². The van der Waals surface area contributed by atoms with E-state index in [2.05, 4.69) is 11.8 Å². The third-order valence-electron chi connectivity index (χ3n) is 3.84. The summed E-state index contributed by atoms with van der Waals surface area (Å²) >= 11 is 6.09. The van der Waals surface area contributed by atoms with E-state index in [-0.39, 0.29) is 4.90 Å². The average Bonchev–Trinajstić information content (AvgIpc) is 2.49. The first-order valence-electron chi connectivity index (χ1n) is 6.96. The number of rotatable bonds is 4. The molecular weight excluding hydrogens is 312 g/mol. The Kier molecular flexibility index (Phi) is 5.14. The molecule has 1 aliphatic rings. The van der Waals surface area contributed by atoms with Crippen LogP contribution in [0.4, 0.5) is 0 Å². The lowest BCUT2D eigenvalue weighted by atomic mass is 10.2. The molecule has 1 aromatic rings. The van der Waals surface area contributed by atoms with Gasteiger partial charge < -0.3 is 9.64 Å². The Morgan fingerprint density at radius 1 is 1.24 bits per heavy atom. The summed E-state index contributed by atoms with van der Waals surface area (Å²) in [6.07, 6.45) is 0. The van der Waals surface area contributed by atoms with Crippen molar-refractivity contribution in [1.29, 1.82) is 0 Å². The largest absolute Gasteiger partial charge is 0.495 e. The van der Waals surface area contributed by atoms with E-state index in [1.54, 1.807) is 6.07 Å². The number of halogens is 1. The quantitative estimate of drug-likeness (QED) is 0.846. The highest BCUT2D eigenvalue weighted by molar-refractivity contribution is 7.89. The molecule has 1 saturated heterocycles. The number of sulfonamides is 1. The van der Waals surface area contributed by atoms with Gasteiger partial charge in [0.1, 0.15) is 10.6 Å². The van der Waals surface area contributed by atoms with Crippen molar-refractivity contribution in [3.63, 3.8) is 0 Å². The first kappa shape index (κ1) is 16.5. The van der Waals surface area contributed by atoms with Gasteiger partial charge in [0, 0.05) is 31.2 Å². The zero-order chi connectivity index (χ0) is 15.6. The fraction of sp³-hybridized carbons (Fsp3) is 0.571. The van der Waals surface area contributed by atoms with E-state index in [0.717, 1.165) is 25.2 Å². The lowest BCUT2D eigenvalue weighted by Crippen LogP contribution is -2.48. The Bertz CT molecular complexity index is 611. The van der Waals surface area contributed by atoms with Gasteiger partial charge in [0.15, 0.2) is 0 Å². The molecule has 5 nitrogen and oxygen atoms in total. The van der Waals surface area contributed by atoms with Gasteiger partial charge in [0.2, 0.25) is 10.0 Å². The zero-order valence-corrected chi connectivity index (χ0v) is 14.2. The molecule has 0 amide bonds. The van der Waals surface area contributed by atoms with Crippen LogP contribution in [0.1, 0.15) is 12.5 Å². The molecule has 1 aliphatic heterocycles. The third-order valence-corrected chi connectivity index (χ3v) is 6.17. The maximum absolute atomic E-state index is 12.8. The maximum atomic E-state index is 12.8. The number of nitrogens with zero attached hydrogens (tertiary/aromatic N) is 2. The molecule has 1 fully saturated rings. The van der Waals surface area contributed by atoms with Crippen molar-refractivity contribution in [2.75, 3.05) is 39.8 Å². The number of aryl methyl sites for hydroxylation is 1. The molecule has 0 bridgehead atoms. The molecule has 0 spiro atoms. The highest BCUT2D eigenvalue weighted by Gasteiger charge is 2.31. The Morgan fingerprint density at radius 3 is 2.38 bits per heavy atom. The number of methoxy groups -OCH3 is 1. The van der Waals surface area contributed by atoms with Gasteiger partial charge in [-0.05, 0) is 31.2 Å². The van der Waals surface area contributed by atoms with Gasteiger partial charge in [0.05, 0.1) is 7.11 Å². The predicted molar refractivity (Wildman–Crippen MR) is 83.6 cm³/mol. The first-order valence-corrected chi connectivity index (χ1v) is 8.78. The summed E-state index contributed by atoms with van der Waals surface area (Å²) in [6, 6.07) is 3.15. The molecule has 1 heterocycles. The second kappa shape index (κ2) is 6.52. The first-order chi connectivity index (χ1) is 9.90. The predicted octanol–water partition coefficient (Wildman–Crippen LogP) is 1.98. The maximum Gasteiger partial charge on any atom is 0.246 e. The van der Waals surface area contributed by atoms with Gasteiger partial charge in [-0.1, -0.05) is 18.5 Å². The minimum Gasteiger partial charge on any atom is -0.495 e. The standard InChI is InChI=1S/C14H21ClN2O3S/c1-4-16-5-7-17(8-6-16)21(18,19)14-10-12(15)11(2)9-13(14)20-3/h9-10H,4-8H2,1-3H3. The van der Waals surface area contributed by atoms with E-state index in [1.165, 1.54) is 17.5 Å². The molecule has 0 saturated carbocycles. The molecule has 0 radical (unpaired) electrons. The minimum absolute atomic E-state index is 0.144. The molecule has 0 atom stereocenters. The lowest BCUT2D eigenvalue weighted by molar-refractivity contribution is 0.196.